The molecule has 5 nitrogen and oxygen atoms in total. The van der Waals surface area contributed by atoms with Crippen LogP contribution in [0, 0.1) is 12.8 Å². The Morgan fingerprint density at radius 3 is 2.65 bits per heavy atom. The smallest absolute Gasteiger partial charge is 0.416 e. The summed E-state index contributed by atoms with van der Waals surface area (Å²) in [5, 5.41) is 0. The largest absolute Gasteiger partial charge is 0.493 e. The van der Waals surface area contributed by atoms with E-state index in [-0.39, 0.29) is 24.5 Å². The Morgan fingerprint density at radius 1 is 1.12 bits per heavy atom. The molecular weight excluding hydrogens is 455 g/mol. The van der Waals surface area contributed by atoms with Crippen LogP contribution in [0.1, 0.15) is 16.8 Å². The summed E-state index contributed by atoms with van der Waals surface area (Å²) >= 11 is 0. The molecule has 4 aliphatic rings. The zero-order valence-corrected chi connectivity index (χ0v) is 18.2. The zero-order chi connectivity index (χ0) is 23.9. The predicted molar refractivity (Wildman–Crippen MR) is 114 cm³/mol. The number of hydrogen-bond donors (Lipinski definition) is 0. The van der Waals surface area contributed by atoms with Gasteiger partial charge in [0.25, 0.3) is 5.92 Å². The number of aromatic nitrogens is 2. The molecule has 1 aliphatic carbocycles. The summed E-state index contributed by atoms with van der Waals surface area (Å²) in [5.41, 5.74) is -0.0409. The quantitative estimate of drug-likeness (QED) is 0.605. The fourth-order valence-corrected chi connectivity index (χ4v) is 5.30. The first-order valence-corrected chi connectivity index (χ1v) is 11.0. The molecule has 0 saturated heterocycles. The highest BCUT2D eigenvalue weighted by Crippen LogP contribution is 2.70. The van der Waals surface area contributed by atoms with E-state index in [2.05, 4.69) is 4.98 Å². The lowest BCUT2D eigenvalue weighted by Gasteiger charge is -2.38. The molecule has 1 aromatic carbocycles. The Bertz CT molecular complexity index is 1260. The fourth-order valence-electron chi connectivity index (χ4n) is 5.30. The molecule has 3 aliphatic heterocycles. The number of rotatable bonds is 3. The van der Waals surface area contributed by atoms with E-state index in [9.17, 15) is 13.2 Å². The van der Waals surface area contributed by atoms with Crippen molar-refractivity contribution < 1.29 is 26.7 Å². The van der Waals surface area contributed by atoms with Gasteiger partial charge in [0, 0.05) is 43.8 Å². The highest BCUT2D eigenvalue weighted by molar-refractivity contribution is 5.61. The average molecular weight is 476 g/mol. The Kier molecular flexibility index (Phi) is 4.29. The SMILES string of the molecule is Cc1cn(C2=CN3CCN(C[C@@]45c6cc(C(F)(F)F)ccc6OC[C@@H]4C5(F)F)C=C3C=C2)cn1. The maximum absolute atomic E-state index is 15.1. The molecule has 0 radical (unpaired) electrons. The first kappa shape index (κ1) is 21.2. The minimum absolute atomic E-state index is 0.0544. The third-order valence-electron chi connectivity index (χ3n) is 7.19. The molecule has 1 aromatic heterocycles. The van der Waals surface area contributed by atoms with Gasteiger partial charge in [0.05, 0.1) is 46.9 Å². The molecule has 10 heteroatoms. The summed E-state index contributed by atoms with van der Waals surface area (Å²) in [6.45, 7) is 2.64. The van der Waals surface area contributed by atoms with Crippen molar-refractivity contribution in [2.24, 2.45) is 5.92 Å². The molecule has 0 bridgehead atoms. The molecule has 2 aromatic rings. The molecule has 0 N–H and O–H groups in total. The first-order valence-electron chi connectivity index (χ1n) is 11.0. The van der Waals surface area contributed by atoms with Gasteiger partial charge in [0.15, 0.2) is 0 Å². The number of benzene rings is 1. The van der Waals surface area contributed by atoms with Crippen molar-refractivity contribution in [3.05, 3.63) is 77.8 Å². The van der Waals surface area contributed by atoms with E-state index < -0.39 is 29.0 Å². The molecule has 0 unspecified atom stereocenters. The van der Waals surface area contributed by atoms with Crippen LogP contribution < -0.4 is 4.74 Å². The van der Waals surface area contributed by atoms with Crippen LogP contribution in [0.3, 0.4) is 0 Å². The molecule has 6 rings (SSSR count). The van der Waals surface area contributed by atoms with Gasteiger partial charge >= 0.3 is 6.18 Å². The first-order chi connectivity index (χ1) is 16.1. The van der Waals surface area contributed by atoms with Gasteiger partial charge in [-0.15, -0.1) is 0 Å². The predicted octanol–water partition coefficient (Wildman–Crippen LogP) is 4.63. The zero-order valence-electron chi connectivity index (χ0n) is 18.2. The van der Waals surface area contributed by atoms with Crippen LogP contribution in [-0.2, 0) is 11.6 Å². The van der Waals surface area contributed by atoms with Crippen molar-refractivity contribution in [1.29, 1.82) is 0 Å². The van der Waals surface area contributed by atoms with E-state index >= 15 is 8.78 Å². The highest BCUT2D eigenvalue weighted by atomic mass is 19.4. The number of nitrogens with zero attached hydrogens (tertiary/aromatic N) is 4. The summed E-state index contributed by atoms with van der Waals surface area (Å²) in [4.78, 5) is 8.05. The normalized spacial score (nSPS) is 26.7. The third-order valence-corrected chi connectivity index (χ3v) is 7.19. The van der Waals surface area contributed by atoms with E-state index in [1.807, 2.05) is 40.9 Å². The van der Waals surface area contributed by atoms with E-state index in [4.69, 9.17) is 4.74 Å². The molecule has 0 spiro atoms. The minimum Gasteiger partial charge on any atom is -0.493 e. The van der Waals surface area contributed by atoms with Gasteiger partial charge < -0.3 is 19.1 Å². The van der Waals surface area contributed by atoms with Crippen LogP contribution in [0.4, 0.5) is 22.0 Å². The van der Waals surface area contributed by atoms with Crippen molar-refractivity contribution in [3.63, 3.8) is 0 Å². The number of aryl methyl sites for hydroxylation is 1. The van der Waals surface area contributed by atoms with Crippen molar-refractivity contribution in [2.45, 2.75) is 24.4 Å². The van der Waals surface area contributed by atoms with Crippen molar-refractivity contribution in [1.82, 2.24) is 19.4 Å². The van der Waals surface area contributed by atoms with Gasteiger partial charge in [-0.05, 0) is 37.3 Å². The lowest BCUT2D eigenvalue weighted by atomic mass is 9.88. The van der Waals surface area contributed by atoms with E-state index in [1.54, 1.807) is 17.4 Å². The molecule has 178 valence electrons. The number of halogens is 5. The van der Waals surface area contributed by atoms with Gasteiger partial charge in [-0.25, -0.2) is 13.8 Å². The average Bonchev–Trinajstić information content (AvgIpc) is 3.06. The number of alkyl halides is 5. The van der Waals surface area contributed by atoms with Crippen molar-refractivity contribution in [3.8, 4) is 5.75 Å². The monoisotopic (exact) mass is 476 g/mol. The second-order valence-electron chi connectivity index (χ2n) is 9.19. The highest BCUT2D eigenvalue weighted by Gasteiger charge is 2.83. The maximum atomic E-state index is 15.1. The fraction of sp³-hybridized carbons (Fsp3) is 0.375. The number of hydrogen-bond acceptors (Lipinski definition) is 4. The molecule has 1 fully saturated rings. The molecule has 4 heterocycles. The van der Waals surface area contributed by atoms with Gasteiger partial charge in [0.1, 0.15) is 5.75 Å². The molecule has 2 atom stereocenters. The second kappa shape index (κ2) is 6.86. The summed E-state index contributed by atoms with van der Waals surface area (Å²) in [6, 6.07) is 2.88. The summed E-state index contributed by atoms with van der Waals surface area (Å²) in [6.07, 6.45) is 6.60. The molecular formula is C24H21F5N4O. The standard InChI is InChI=1S/C24H21F5N4O/c1-15-9-33(14-30-15)18-4-3-17-10-31(6-7-32(17)11-18)13-22-19-8-16(24(27,28)29)2-5-20(19)34-12-21(22)23(22,25)26/h2-5,8-11,14,21H,6-7,12-13H2,1H3/t21-,22+/m0/s1. The topological polar surface area (TPSA) is 33.5 Å². The van der Waals surface area contributed by atoms with Crippen LogP contribution in [-0.4, -0.2) is 51.5 Å². The number of allylic oxidation sites excluding steroid dienone is 3. The van der Waals surface area contributed by atoms with E-state index in [0.717, 1.165) is 35.3 Å². The van der Waals surface area contributed by atoms with Crippen molar-refractivity contribution in [2.75, 3.05) is 26.2 Å². The lowest BCUT2D eigenvalue weighted by molar-refractivity contribution is -0.137. The van der Waals surface area contributed by atoms with Crippen LogP contribution >= 0.6 is 0 Å². The lowest BCUT2D eigenvalue weighted by Crippen LogP contribution is -2.42. The maximum Gasteiger partial charge on any atom is 0.416 e. The Morgan fingerprint density at radius 2 is 1.91 bits per heavy atom. The summed E-state index contributed by atoms with van der Waals surface area (Å²) < 4.78 is 77.6. The third kappa shape index (κ3) is 3.00. The summed E-state index contributed by atoms with van der Waals surface area (Å²) in [5.74, 6) is -4.19. The van der Waals surface area contributed by atoms with Crippen LogP contribution in [0.15, 0.2) is 61.0 Å². The second-order valence-corrected chi connectivity index (χ2v) is 9.19. The number of ether oxygens (including phenoxy) is 1. The van der Waals surface area contributed by atoms with Gasteiger partial charge in [-0.3, -0.25) is 0 Å². The van der Waals surface area contributed by atoms with Crippen LogP contribution in [0.5, 0.6) is 5.75 Å². The van der Waals surface area contributed by atoms with E-state index in [1.165, 1.54) is 0 Å². The Balaban J connectivity index is 1.30. The molecule has 34 heavy (non-hydrogen) atoms. The Labute approximate surface area is 192 Å². The molecule has 0 amide bonds. The van der Waals surface area contributed by atoms with Crippen LogP contribution in [0.25, 0.3) is 5.70 Å². The number of fused-ring (bicyclic) bond motifs is 4. The Hall–Kier alpha value is -3.30. The summed E-state index contributed by atoms with van der Waals surface area (Å²) in [7, 11) is 0. The van der Waals surface area contributed by atoms with Crippen LogP contribution in [0.2, 0.25) is 0 Å². The molecule has 1 saturated carbocycles. The van der Waals surface area contributed by atoms with Crippen molar-refractivity contribution >= 4 is 5.70 Å². The number of imidazole rings is 1. The van der Waals surface area contributed by atoms with E-state index in [0.29, 0.717) is 13.1 Å². The minimum atomic E-state index is -4.62. The van der Waals surface area contributed by atoms with Gasteiger partial charge in [0.2, 0.25) is 0 Å². The van der Waals surface area contributed by atoms with Gasteiger partial charge in [-0.2, -0.15) is 13.2 Å². The van der Waals surface area contributed by atoms with Gasteiger partial charge in [-0.1, -0.05) is 0 Å².